The lowest BCUT2D eigenvalue weighted by molar-refractivity contribution is -0.183. The lowest BCUT2D eigenvalue weighted by Gasteiger charge is -2.59. The Morgan fingerprint density at radius 2 is 2.08 bits per heavy atom. The van der Waals surface area contributed by atoms with Crippen LogP contribution in [0.15, 0.2) is 47.0 Å². The van der Waals surface area contributed by atoms with E-state index in [0.717, 1.165) is 36.0 Å². The van der Waals surface area contributed by atoms with Gasteiger partial charge in [-0.3, -0.25) is 14.6 Å². The van der Waals surface area contributed by atoms with Gasteiger partial charge in [0.25, 0.3) is 0 Å². The van der Waals surface area contributed by atoms with Gasteiger partial charge in [-0.15, -0.1) is 0 Å². The van der Waals surface area contributed by atoms with Crippen LogP contribution < -0.4 is 4.74 Å². The lowest BCUT2D eigenvalue weighted by Crippen LogP contribution is -2.63. The molecule has 6 nitrogen and oxygen atoms in total. The number of nitrogens with zero attached hydrogens (tertiary/aromatic N) is 1. The summed E-state index contributed by atoms with van der Waals surface area (Å²) in [6, 6.07) is 5.73. The van der Waals surface area contributed by atoms with Gasteiger partial charge in [-0.25, -0.2) is 0 Å². The number of aliphatic hydroxyl groups excluding tert-OH is 1. The van der Waals surface area contributed by atoms with Gasteiger partial charge >= 0.3 is 0 Å². The molecule has 0 bridgehead atoms. The van der Waals surface area contributed by atoms with Crippen LogP contribution in [0.3, 0.4) is 0 Å². The molecule has 1 heterocycles. The van der Waals surface area contributed by atoms with Crippen molar-refractivity contribution in [3.63, 3.8) is 0 Å². The summed E-state index contributed by atoms with van der Waals surface area (Å²) in [4.78, 5) is 30.1. The molecule has 8 atom stereocenters. The van der Waals surface area contributed by atoms with E-state index in [-0.39, 0.29) is 47.3 Å². The number of allylic oxidation sites excluding steroid dienone is 4. The fraction of sp³-hybridized carbons (Fsp3) is 0.567. The van der Waals surface area contributed by atoms with Crippen LogP contribution in [0.25, 0.3) is 0 Å². The minimum atomic E-state index is -1.58. The minimum absolute atomic E-state index is 0.0147. The van der Waals surface area contributed by atoms with Gasteiger partial charge in [0, 0.05) is 28.5 Å². The van der Waals surface area contributed by atoms with Crippen molar-refractivity contribution in [3.8, 4) is 5.75 Å². The summed E-state index contributed by atoms with van der Waals surface area (Å²) in [5, 5.41) is 23.7. The third kappa shape index (κ3) is 3.07. The first kappa shape index (κ1) is 23.8. The molecule has 1 aliphatic heterocycles. The van der Waals surface area contributed by atoms with Crippen molar-refractivity contribution in [2.45, 2.75) is 64.7 Å². The SMILES string of the molecule is C[C@@H]1CC2C3CCC4=CC(=O)C=CC4(C)C3[C@@H](O)CC2(C)[C@@]1(O)C(=O)COc1cccc2c1C=NC2. The van der Waals surface area contributed by atoms with Crippen molar-refractivity contribution >= 4 is 17.8 Å². The highest BCUT2D eigenvalue weighted by Gasteiger charge is 2.70. The summed E-state index contributed by atoms with van der Waals surface area (Å²) < 4.78 is 5.98. The van der Waals surface area contributed by atoms with Gasteiger partial charge in [0.1, 0.15) is 18.0 Å². The molecule has 36 heavy (non-hydrogen) atoms. The summed E-state index contributed by atoms with van der Waals surface area (Å²) in [5.41, 5.74) is 0.367. The molecular formula is C30H35NO5. The number of carbonyl (C=O) groups excluding carboxylic acids is 2. The molecule has 3 fully saturated rings. The van der Waals surface area contributed by atoms with Crippen LogP contribution in [-0.4, -0.2) is 46.3 Å². The maximum atomic E-state index is 13.8. The molecule has 5 aliphatic rings. The fourth-order valence-corrected chi connectivity index (χ4v) is 8.74. The Bertz CT molecular complexity index is 1230. The fourth-order valence-electron chi connectivity index (χ4n) is 8.74. The number of aliphatic hydroxyl groups is 2. The van der Waals surface area contributed by atoms with Crippen molar-refractivity contribution in [2.24, 2.45) is 39.5 Å². The first-order valence-corrected chi connectivity index (χ1v) is 13.2. The van der Waals surface area contributed by atoms with Crippen molar-refractivity contribution in [2.75, 3.05) is 6.61 Å². The summed E-state index contributed by atoms with van der Waals surface area (Å²) >= 11 is 0. The Hall–Kier alpha value is -2.57. The van der Waals surface area contributed by atoms with Gasteiger partial charge in [0.2, 0.25) is 5.78 Å². The topological polar surface area (TPSA) is 96.2 Å². The summed E-state index contributed by atoms with van der Waals surface area (Å²) in [6.45, 7) is 6.49. The molecule has 1 aromatic rings. The van der Waals surface area contributed by atoms with Crippen LogP contribution >= 0.6 is 0 Å². The molecule has 3 saturated carbocycles. The van der Waals surface area contributed by atoms with E-state index < -0.39 is 17.1 Å². The monoisotopic (exact) mass is 489 g/mol. The highest BCUT2D eigenvalue weighted by Crippen LogP contribution is 2.68. The van der Waals surface area contributed by atoms with Crippen LogP contribution in [0.1, 0.15) is 57.6 Å². The van der Waals surface area contributed by atoms with E-state index in [2.05, 4.69) is 11.9 Å². The quantitative estimate of drug-likeness (QED) is 0.670. The molecular weight excluding hydrogens is 454 g/mol. The van der Waals surface area contributed by atoms with Gasteiger partial charge in [-0.1, -0.05) is 44.6 Å². The predicted molar refractivity (Wildman–Crippen MR) is 136 cm³/mol. The van der Waals surface area contributed by atoms with E-state index in [9.17, 15) is 19.8 Å². The molecule has 6 rings (SSSR count). The molecule has 1 aromatic carbocycles. The maximum Gasteiger partial charge on any atom is 0.202 e. The van der Waals surface area contributed by atoms with Crippen molar-refractivity contribution in [1.29, 1.82) is 0 Å². The first-order valence-electron chi connectivity index (χ1n) is 13.2. The molecule has 6 heteroatoms. The molecule has 0 spiro atoms. The Morgan fingerprint density at radius 3 is 2.89 bits per heavy atom. The van der Waals surface area contributed by atoms with E-state index in [4.69, 9.17) is 4.74 Å². The first-order chi connectivity index (χ1) is 17.1. The van der Waals surface area contributed by atoms with Crippen LogP contribution in [0.5, 0.6) is 5.75 Å². The van der Waals surface area contributed by atoms with Crippen LogP contribution in [0, 0.1) is 34.5 Å². The van der Waals surface area contributed by atoms with E-state index in [1.165, 1.54) is 0 Å². The standard InChI is InChI=1S/C30H35NO5/c1-17-11-23-21-8-7-19-12-20(32)9-10-28(19,2)27(21)24(33)13-29(23,3)30(17,35)26(34)16-36-25-6-4-5-18-14-31-15-22(18)25/h4-6,9-10,12,15,17,21,23-24,27,33,35H,7-8,11,13-14,16H2,1-3H3/t17-,21?,23?,24+,27?,28?,29?,30+/m1/s1. The van der Waals surface area contributed by atoms with Gasteiger partial charge < -0.3 is 14.9 Å². The normalized spacial score (nSPS) is 42.3. The Labute approximate surface area is 212 Å². The van der Waals surface area contributed by atoms with Gasteiger partial charge in [0.15, 0.2) is 5.78 Å². The van der Waals surface area contributed by atoms with Crippen molar-refractivity contribution in [3.05, 3.63) is 53.1 Å². The number of rotatable bonds is 4. The molecule has 190 valence electrons. The third-order valence-corrected chi connectivity index (χ3v) is 10.5. The largest absolute Gasteiger partial charge is 0.485 e. The maximum absolute atomic E-state index is 13.8. The van der Waals surface area contributed by atoms with Crippen molar-refractivity contribution in [1.82, 2.24) is 0 Å². The number of fused-ring (bicyclic) bond motifs is 6. The minimum Gasteiger partial charge on any atom is -0.485 e. The van der Waals surface area contributed by atoms with Crippen molar-refractivity contribution < 1.29 is 24.5 Å². The molecule has 0 amide bonds. The molecule has 2 N–H and O–H groups in total. The Kier molecular flexibility index (Phi) is 5.27. The van der Waals surface area contributed by atoms with E-state index in [1.54, 1.807) is 18.4 Å². The van der Waals surface area contributed by atoms with E-state index in [0.29, 0.717) is 18.7 Å². The number of ketones is 2. The number of hydrogen-bond acceptors (Lipinski definition) is 6. The second-order valence-corrected chi connectivity index (χ2v) is 12.1. The average molecular weight is 490 g/mol. The number of carbonyl (C=O) groups is 2. The molecule has 0 aromatic heterocycles. The van der Waals surface area contributed by atoms with Gasteiger partial charge in [0.05, 0.1) is 12.6 Å². The Balaban J connectivity index is 1.29. The summed E-state index contributed by atoms with van der Waals surface area (Å²) in [7, 11) is 0. The smallest absolute Gasteiger partial charge is 0.202 e. The highest BCUT2D eigenvalue weighted by atomic mass is 16.5. The van der Waals surface area contributed by atoms with Gasteiger partial charge in [-0.05, 0) is 67.2 Å². The molecule has 5 unspecified atom stereocenters. The third-order valence-electron chi connectivity index (χ3n) is 10.5. The number of ether oxygens (including phenoxy) is 1. The van der Waals surface area contributed by atoms with Gasteiger partial charge in [-0.2, -0.15) is 0 Å². The van der Waals surface area contributed by atoms with Crippen LogP contribution in [0.2, 0.25) is 0 Å². The van der Waals surface area contributed by atoms with E-state index in [1.807, 2.05) is 38.1 Å². The molecule has 4 aliphatic carbocycles. The second-order valence-electron chi connectivity index (χ2n) is 12.1. The average Bonchev–Trinajstić information content (AvgIpc) is 3.40. The number of benzene rings is 1. The zero-order chi connectivity index (χ0) is 25.5. The highest BCUT2D eigenvalue weighted by molar-refractivity contribution is 6.01. The second kappa shape index (κ2) is 7.96. The van der Waals surface area contributed by atoms with E-state index >= 15 is 0 Å². The number of Topliss-reactive ketones (excluding diaryl/α,β-unsaturated/α-hetero) is 1. The van der Waals surface area contributed by atoms with Crippen LogP contribution in [0.4, 0.5) is 0 Å². The lowest BCUT2D eigenvalue weighted by atomic mass is 9.46. The molecule has 0 saturated heterocycles. The zero-order valence-electron chi connectivity index (χ0n) is 21.2. The Morgan fingerprint density at radius 1 is 1.28 bits per heavy atom. The zero-order valence-corrected chi connectivity index (χ0v) is 21.2. The number of hydrogen-bond donors (Lipinski definition) is 2. The molecule has 0 radical (unpaired) electrons. The predicted octanol–water partition coefficient (Wildman–Crippen LogP) is 3.82. The summed E-state index contributed by atoms with van der Waals surface area (Å²) in [6.07, 6.45) is 9.20. The summed E-state index contributed by atoms with van der Waals surface area (Å²) in [5.74, 6) is 0.299. The van der Waals surface area contributed by atoms with Crippen LogP contribution in [-0.2, 0) is 16.1 Å². The number of aliphatic imine (C=N–C) groups is 1.